The molecule has 4 heterocycles. The van der Waals surface area contributed by atoms with E-state index in [0.717, 1.165) is 65.6 Å². The average Bonchev–Trinajstić information content (AvgIpc) is 3.46. The number of nitrogens with two attached hydrogens (primary N) is 1. The molecule has 3 aromatic rings. The Morgan fingerprint density at radius 1 is 1.05 bits per heavy atom. The zero-order valence-electron chi connectivity index (χ0n) is 22.2. The number of likely N-dealkylation sites (tertiary alicyclic amines) is 1. The van der Waals surface area contributed by atoms with Crippen LogP contribution in [0.4, 0.5) is 0 Å². The van der Waals surface area contributed by atoms with Gasteiger partial charge in [-0.15, -0.1) is 0 Å². The van der Waals surface area contributed by atoms with E-state index in [4.69, 9.17) is 20.5 Å². The highest BCUT2D eigenvalue weighted by atomic mass is 32.2. The summed E-state index contributed by atoms with van der Waals surface area (Å²) < 4.78 is 6.20. The second-order valence-corrected chi connectivity index (χ2v) is 11.2. The Hall–Kier alpha value is -4.05. The van der Waals surface area contributed by atoms with Crippen LogP contribution in [0, 0.1) is 17.7 Å². The van der Waals surface area contributed by atoms with Crippen LogP contribution >= 0.6 is 11.8 Å². The fourth-order valence-electron chi connectivity index (χ4n) is 5.18. The molecule has 200 valence electrons. The van der Waals surface area contributed by atoms with E-state index in [0.29, 0.717) is 23.0 Å². The number of rotatable bonds is 5. The number of amidine groups is 1. The summed E-state index contributed by atoms with van der Waals surface area (Å²) in [6.07, 6.45) is 2.10. The van der Waals surface area contributed by atoms with Crippen molar-refractivity contribution >= 4 is 34.3 Å². The van der Waals surface area contributed by atoms with Gasteiger partial charge in [-0.2, -0.15) is 0 Å². The third kappa shape index (κ3) is 5.16. The number of ether oxygens (including phenoxy) is 1. The van der Waals surface area contributed by atoms with Crippen LogP contribution in [-0.2, 0) is 4.79 Å². The molecular weight excluding hydrogens is 512 g/mol. The van der Waals surface area contributed by atoms with E-state index in [1.165, 1.54) is 0 Å². The van der Waals surface area contributed by atoms with Crippen molar-refractivity contribution in [1.29, 1.82) is 5.41 Å². The van der Waals surface area contributed by atoms with Gasteiger partial charge in [0.25, 0.3) is 5.91 Å². The highest BCUT2D eigenvalue weighted by Crippen LogP contribution is 2.51. The highest BCUT2D eigenvalue weighted by molar-refractivity contribution is 8.24. The molecule has 1 aromatic carbocycles. The lowest BCUT2D eigenvalue weighted by Crippen LogP contribution is -2.53. The second kappa shape index (κ2) is 10.6. The Bertz CT molecular complexity index is 1460. The molecule has 1 unspecified atom stereocenters. The van der Waals surface area contributed by atoms with Crippen molar-refractivity contribution < 1.29 is 19.7 Å². The standard InChI is InChI=1S/C29H30N6O3S/c1-17-6-11-20-23(29(2,3)27(37)34-28(31)39-16-30)21-12-13-22(33-25(21)38-24(20)32-17)18-7-9-19(10-8-18)26(36)35-14-4-5-15-35/h6-13,16,23,30H,4-5,14-15H2,1-3H3,(H2,31,34,37)/p+1. The van der Waals surface area contributed by atoms with E-state index in [2.05, 4.69) is 10.3 Å². The number of carbonyl (C=O) groups excluding carboxylic acids is 2. The highest BCUT2D eigenvalue weighted by Gasteiger charge is 2.47. The molecule has 1 fully saturated rings. The molecule has 0 bridgehead atoms. The average molecular weight is 544 g/mol. The van der Waals surface area contributed by atoms with Gasteiger partial charge in [-0.05, 0) is 57.9 Å². The maximum absolute atomic E-state index is 13.4. The van der Waals surface area contributed by atoms with Gasteiger partial charge in [0.2, 0.25) is 11.8 Å². The Balaban J connectivity index is 1.49. The summed E-state index contributed by atoms with van der Waals surface area (Å²) in [7, 11) is 0. The van der Waals surface area contributed by atoms with Gasteiger partial charge in [-0.25, -0.2) is 20.1 Å². The van der Waals surface area contributed by atoms with Crippen molar-refractivity contribution in [2.45, 2.75) is 39.5 Å². The van der Waals surface area contributed by atoms with Gasteiger partial charge in [0.05, 0.1) is 16.7 Å². The largest absolute Gasteiger partial charge is 0.420 e. The number of carbonyl (C=O) groups is 2. The first-order valence-corrected chi connectivity index (χ1v) is 13.7. The number of nitrogens with one attached hydrogen (secondary N) is 2. The molecular formula is C29H31N6O3S+. The first-order chi connectivity index (χ1) is 18.7. The molecule has 1 saturated heterocycles. The fraction of sp³-hybridized carbons (Fsp3) is 0.310. The molecule has 0 saturated carbocycles. The van der Waals surface area contributed by atoms with Gasteiger partial charge in [-0.1, -0.05) is 24.3 Å². The van der Waals surface area contributed by atoms with Gasteiger partial charge in [0.1, 0.15) is 0 Å². The molecule has 4 N–H and O–H groups in total. The van der Waals surface area contributed by atoms with Gasteiger partial charge in [0, 0.05) is 58.7 Å². The lowest BCUT2D eigenvalue weighted by Gasteiger charge is -2.35. The number of pyridine rings is 2. The number of benzene rings is 1. The lowest BCUT2D eigenvalue weighted by molar-refractivity contribution is -0.133. The molecule has 2 amide bonds. The molecule has 39 heavy (non-hydrogen) atoms. The summed E-state index contributed by atoms with van der Waals surface area (Å²) in [4.78, 5) is 37.5. The van der Waals surface area contributed by atoms with Crippen LogP contribution in [0.1, 0.15) is 59.8 Å². The maximum atomic E-state index is 13.4. The molecule has 9 nitrogen and oxygen atoms in total. The molecule has 2 aromatic heterocycles. The minimum Gasteiger partial charge on any atom is -0.420 e. The van der Waals surface area contributed by atoms with Gasteiger partial charge < -0.3 is 15.0 Å². The van der Waals surface area contributed by atoms with E-state index in [1.807, 2.05) is 74.2 Å². The smallest absolute Gasteiger partial charge is 0.315 e. The van der Waals surface area contributed by atoms with Crippen molar-refractivity contribution in [2.24, 2.45) is 5.41 Å². The minimum atomic E-state index is -0.960. The van der Waals surface area contributed by atoms with Gasteiger partial charge >= 0.3 is 11.1 Å². The molecule has 0 aliphatic carbocycles. The van der Waals surface area contributed by atoms with Crippen LogP contribution < -0.4 is 15.5 Å². The summed E-state index contributed by atoms with van der Waals surface area (Å²) in [6, 6.07) is 15.1. The predicted octanol–water partition coefficient (Wildman–Crippen LogP) is 3.52. The number of fused-ring (bicyclic) bond motifs is 2. The van der Waals surface area contributed by atoms with Crippen LogP contribution in [0.25, 0.3) is 11.3 Å². The molecule has 5 rings (SSSR count). The summed E-state index contributed by atoms with van der Waals surface area (Å²) in [5.41, 5.74) is 4.63. The number of nitrogens with zero attached hydrogens (tertiary/aromatic N) is 3. The lowest BCUT2D eigenvalue weighted by atomic mass is 9.70. The molecule has 0 radical (unpaired) electrons. The fourth-order valence-corrected chi connectivity index (χ4v) is 5.46. The molecule has 1 atom stereocenters. The maximum Gasteiger partial charge on any atom is 0.315 e. The molecule has 0 spiro atoms. The Kier molecular flexibility index (Phi) is 7.22. The normalized spacial score (nSPS) is 16.1. The summed E-state index contributed by atoms with van der Waals surface area (Å²) in [6.45, 7) is 7.18. The first-order valence-electron chi connectivity index (χ1n) is 12.8. The zero-order chi connectivity index (χ0) is 27.7. The molecule has 10 heteroatoms. The monoisotopic (exact) mass is 543 g/mol. The van der Waals surface area contributed by atoms with E-state index >= 15 is 0 Å². The Morgan fingerprint density at radius 2 is 1.69 bits per heavy atom. The topological polar surface area (TPSA) is 134 Å². The number of hydrogen-bond acceptors (Lipinski definition) is 7. The third-order valence-corrected chi connectivity index (χ3v) is 7.76. The number of thioether (sulfide) groups is 1. The predicted molar refractivity (Wildman–Crippen MR) is 151 cm³/mol. The number of aromatic nitrogens is 2. The van der Waals surface area contributed by atoms with Crippen molar-refractivity contribution in [2.75, 3.05) is 13.1 Å². The zero-order valence-corrected chi connectivity index (χ0v) is 23.0. The number of aryl methyl sites for hydroxylation is 1. The minimum absolute atomic E-state index is 0.0547. The number of amides is 2. The van der Waals surface area contributed by atoms with Crippen molar-refractivity contribution in [1.82, 2.24) is 20.2 Å². The van der Waals surface area contributed by atoms with Crippen LogP contribution in [0.15, 0.2) is 48.5 Å². The second-order valence-electron chi connectivity index (χ2n) is 10.3. The van der Waals surface area contributed by atoms with Gasteiger partial charge in [-0.3, -0.25) is 10.2 Å². The SMILES string of the molecule is Cc1ccc2c(n1)Oc1nc(-c3ccc(C(=O)N4CCCC4)cc3)ccc1C2C(C)(C)C(=O)NC(=[NH2+])SC=N. The summed E-state index contributed by atoms with van der Waals surface area (Å²) in [5.74, 6) is 0.145. The first kappa shape index (κ1) is 26.6. The molecule has 2 aliphatic heterocycles. The van der Waals surface area contributed by atoms with E-state index < -0.39 is 11.3 Å². The van der Waals surface area contributed by atoms with Crippen LogP contribution in [-0.4, -0.2) is 50.5 Å². The van der Waals surface area contributed by atoms with E-state index in [1.54, 1.807) is 0 Å². The molecule has 2 aliphatic rings. The third-order valence-electron chi connectivity index (χ3n) is 7.28. The van der Waals surface area contributed by atoms with Gasteiger partial charge in [0.15, 0.2) is 0 Å². The van der Waals surface area contributed by atoms with Crippen molar-refractivity contribution in [3.05, 3.63) is 70.9 Å². The number of hydrogen-bond donors (Lipinski definition) is 3. The van der Waals surface area contributed by atoms with Crippen molar-refractivity contribution in [3.63, 3.8) is 0 Å². The summed E-state index contributed by atoms with van der Waals surface area (Å²) in [5, 5.41) is 16.0. The van der Waals surface area contributed by atoms with Crippen molar-refractivity contribution in [3.8, 4) is 23.0 Å². The summed E-state index contributed by atoms with van der Waals surface area (Å²) >= 11 is 0.936. The van der Waals surface area contributed by atoms with Crippen LogP contribution in [0.3, 0.4) is 0 Å². The quantitative estimate of drug-likeness (QED) is 0.333. The van der Waals surface area contributed by atoms with Crippen LogP contribution in [0.5, 0.6) is 11.8 Å². The Morgan fingerprint density at radius 3 is 2.36 bits per heavy atom. The van der Waals surface area contributed by atoms with Crippen LogP contribution in [0.2, 0.25) is 0 Å². The van der Waals surface area contributed by atoms with E-state index in [-0.39, 0.29) is 17.0 Å². The Labute approximate surface area is 231 Å². The van der Waals surface area contributed by atoms with E-state index in [9.17, 15) is 9.59 Å².